The highest BCUT2D eigenvalue weighted by molar-refractivity contribution is 7.89. The molecular weight excluding hydrogens is 294 g/mol. The summed E-state index contributed by atoms with van der Waals surface area (Å²) in [5.41, 5.74) is 5.21. The fourth-order valence-corrected chi connectivity index (χ4v) is 4.06. The van der Waals surface area contributed by atoms with Gasteiger partial charge in [-0.25, -0.2) is 8.42 Å². The number of nitro groups is 1. The van der Waals surface area contributed by atoms with Crippen molar-refractivity contribution >= 4 is 21.4 Å². The number of nitrogens with two attached hydrogens (primary N) is 1. The van der Waals surface area contributed by atoms with E-state index in [0.717, 1.165) is 25.3 Å². The standard InChI is InChI=1S/C13H19N3O4S/c1-2-15(9-10-4-3-5-10)21(19,20)13-7-6-11(14)8-12(13)16(17)18/h6-8,10H,2-5,9,14H2,1H3. The Morgan fingerprint density at radius 3 is 2.57 bits per heavy atom. The van der Waals surface area contributed by atoms with Crippen LogP contribution in [0, 0.1) is 16.0 Å². The molecule has 1 aromatic rings. The van der Waals surface area contributed by atoms with Gasteiger partial charge in [-0.05, 0) is 30.9 Å². The van der Waals surface area contributed by atoms with Crippen LogP contribution in [0.2, 0.25) is 0 Å². The summed E-state index contributed by atoms with van der Waals surface area (Å²) in [5.74, 6) is 0.354. The molecule has 0 amide bonds. The van der Waals surface area contributed by atoms with Crippen molar-refractivity contribution in [3.8, 4) is 0 Å². The zero-order valence-electron chi connectivity index (χ0n) is 11.9. The number of sulfonamides is 1. The zero-order chi connectivity index (χ0) is 15.6. The predicted molar refractivity (Wildman–Crippen MR) is 79.3 cm³/mol. The Bertz CT molecular complexity index is 641. The van der Waals surface area contributed by atoms with Crippen LogP contribution in [0.3, 0.4) is 0 Å². The van der Waals surface area contributed by atoms with Crippen molar-refractivity contribution in [2.75, 3.05) is 18.8 Å². The van der Waals surface area contributed by atoms with Gasteiger partial charge in [0.2, 0.25) is 10.0 Å². The van der Waals surface area contributed by atoms with Gasteiger partial charge < -0.3 is 5.73 Å². The topological polar surface area (TPSA) is 107 Å². The van der Waals surface area contributed by atoms with E-state index in [1.807, 2.05) is 0 Å². The molecule has 0 aliphatic heterocycles. The minimum Gasteiger partial charge on any atom is -0.399 e. The van der Waals surface area contributed by atoms with E-state index in [1.54, 1.807) is 6.92 Å². The molecule has 2 N–H and O–H groups in total. The maximum Gasteiger partial charge on any atom is 0.291 e. The van der Waals surface area contributed by atoms with Crippen molar-refractivity contribution < 1.29 is 13.3 Å². The van der Waals surface area contributed by atoms with Crippen LogP contribution >= 0.6 is 0 Å². The number of anilines is 1. The first-order valence-electron chi connectivity index (χ1n) is 6.90. The van der Waals surface area contributed by atoms with Crippen LogP contribution in [0.25, 0.3) is 0 Å². The molecule has 7 nitrogen and oxygen atoms in total. The van der Waals surface area contributed by atoms with Crippen LogP contribution in [0.5, 0.6) is 0 Å². The number of nitrogen functional groups attached to an aromatic ring is 1. The molecule has 8 heteroatoms. The van der Waals surface area contributed by atoms with E-state index in [2.05, 4.69) is 0 Å². The average molecular weight is 313 g/mol. The van der Waals surface area contributed by atoms with Gasteiger partial charge in [-0.3, -0.25) is 10.1 Å². The van der Waals surface area contributed by atoms with E-state index in [1.165, 1.54) is 16.4 Å². The predicted octanol–water partition coefficient (Wildman–Crippen LogP) is 1.99. The third-order valence-corrected chi connectivity index (χ3v) is 5.82. The Kier molecular flexibility index (Phi) is 4.48. The molecule has 1 fully saturated rings. The van der Waals surface area contributed by atoms with Crippen molar-refractivity contribution in [1.82, 2.24) is 4.31 Å². The summed E-state index contributed by atoms with van der Waals surface area (Å²) >= 11 is 0. The van der Waals surface area contributed by atoms with E-state index in [4.69, 9.17) is 5.73 Å². The summed E-state index contributed by atoms with van der Waals surface area (Å²) in [6.07, 6.45) is 3.13. The largest absolute Gasteiger partial charge is 0.399 e. The highest BCUT2D eigenvalue weighted by Gasteiger charge is 2.33. The van der Waals surface area contributed by atoms with Gasteiger partial charge in [0.05, 0.1) is 4.92 Å². The maximum absolute atomic E-state index is 12.7. The second-order valence-electron chi connectivity index (χ2n) is 5.24. The molecule has 1 saturated carbocycles. The third kappa shape index (κ3) is 3.16. The summed E-state index contributed by atoms with van der Waals surface area (Å²) in [7, 11) is -3.88. The SMILES string of the molecule is CCN(CC1CCC1)S(=O)(=O)c1ccc(N)cc1[N+](=O)[O-]. The second kappa shape index (κ2) is 5.98. The second-order valence-corrected chi connectivity index (χ2v) is 7.14. The van der Waals surface area contributed by atoms with Gasteiger partial charge in [0.25, 0.3) is 5.69 Å². The van der Waals surface area contributed by atoms with E-state index in [9.17, 15) is 18.5 Å². The first-order chi connectivity index (χ1) is 9.86. The van der Waals surface area contributed by atoms with Crippen molar-refractivity contribution in [3.05, 3.63) is 28.3 Å². The molecule has 0 unspecified atom stereocenters. The van der Waals surface area contributed by atoms with E-state index < -0.39 is 20.6 Å². The molecule has 0 heterocycles. The van der Waals surface area contributed by atoms with Crippen LogP contribution in [-0.4, -0.2) is 30.7 Å². The molecular formula is C13H19N3O4S. The van der Waals surface area contributed by atoms with Gasteiger partial charge in [-0.1, -0.05) is 13.3 Å². The van der Waals surface area contributed by atoms with Gasteiger partial charge >= 0.3 is 0 Å². The van der Waals surface area contributed by atoms with Gasteiger partial charge in [-0.15, -0.1) is 0 Å². The van der Waals surface area contributed by atoms with Crippen molar-refractivity contribution in [3.63, 3.8) is 0 Å². The van der Waals surface area contributed by atoms with Crippen LogP contribution < -0.4 is 5.73 Å². The smallest absolute Gasteiger partial charge is 0.291 e. The molecule has 0 aromatic heterocycles. The summed E-state index contributed by atoms with van der Waals surface area (Å²) < 4.78 is 26.6. The number of nitrogens with zero attached hydrogens (tertiary/aromatic N) is 2. The molecule has 21 heavy (non-hydrogen) atoms. The van der Waals surface area contributed by atoms with Crippen molar-refractivity contribution in [2.45, 2.75) is 31.1 Å². The van der Waals surface area contributed by atoms with Crippen LogP contribution in [-0.2, 0) is 10.0 Å². The normalized spacial score (nSPS) is 15.9. The fraction of sp³-hybridized carbons (Fsp3) is 0.538. The lowest BCUT2D eigenvalue weighted by atomic mass is 9.85. The average Bonchev–Trinajstić information content (AvgIpc) is 2.36. The highest BCUT2D eigenvalue weighted by Crippen LogP contribution is 2.32. The first-order valence-corrected chi connectivity index (χ1v) is 8.34. The molecule has 1 aliphatic rings. The lowest BCUT2D eigenvalue weighted by Crippen LogP contribution is -2.37. The maximum atomic E-state index is 12.7. The molecule has 0 radical (unpaired) electrons. The quantitative estimate of drug-likeness (QED) is 0.491. The molecule has 0 atom stereocenters. The lowest BCUT2D eigenvalue weighted by molar-refractivity contribution is -0.387. The van der Waals surface area contributed by atoms with Crippen LogP contribution in [0.4, 0.5) is 11.4 Å². The number of rotatable bonds is 6. The molecule has 1 aliphatic carbocycles. The van der Waals surface area contributed by atoms with Crippen LogP contribution in [0.1, 0.15) is 26.2 Å². The monoisotopic (exact) mass is 313 g/mol. The van der Waals surface area contributed by atoms with E-state index in [0.29, 0.717) is 19.0 Å². The fourth-order valence-electron chi connectivity index (χ4n) is 2.39. The molecule has 116 valence electrons. The lowest BCUT2D eigenvalue weighted by Gasteiger charge is -2.31. The van der Waals surface area contributed by atoms with Gasteiger partial charge in [-0.2, -0.15) is 4.31 Å². The Morgan fingerprint density at radius 2 is 2.10 bits per heavy atom. The first kappa shape index (κ1) is 15.7. The Balaban J connectivity index is 2.39. The summed E-state index contributed by atoms with van der Waals surface area (Å²) in [6.45, 7) is 2.44. The van der Waals surface area contributed by atoms with E-state index >= 15 is 0 Å². The minimum atomic E-state index is -3.88. The highest BCUT2D eigenvalue weighted by atomic mass is 32.2. The Morgan fingerprint density at radius 1 is 1.43 bits per heavy atom. The summed E-state index contributed by atoms with van der Waals surface area (Å²) in [5, 5.41) is 11.1. The molecule has 0 bridgehead atoms. The molecule has 0 saturated heterocycles. The Hall–Kier alpha value is -1.67. The summed E-state index contributed by atoms with van der Waals surface area (Å²) in [4.78, 5) is 10.1. The van der Waals surface area contributed by atoms with Crippen molar-refractivity contribution in [2.24, 2.45) is 5.92 Å². The Labute approximate surface area is 123 Å². The number of nitro benzene ring substituents is 1. The molecule has 0 spiro atoms. The molecule has 2 rings (SSSR count). The minimum absolute atomic E-state index is 0.169. The van der Waals surface area contributed by atoms with Gasteiger partial charge in [0.1, 0.15) is 0 Å². The van der Waals surface area contributed by atoms with E-state index in [-0.39, 0.29) is 10.6 Å². The van der Waals surface area contributed by atoms with Gasteiger partial charge in [0.15, 0.2) is 4.90 Å². The molecule has 1 aromatic carbocycles. The van der Waals surface area contributed by atoms with Crippen LogP contribution in [0.15, 0.2) is 23.1 Å². The summed E-state index contributed by atoms with van der Waals surface area (Å²) in [6, 6.07) is 3.67. The third-order valence-electron chi connectivity index (χ3n) is 3.84. The van der Waals surface area contributed by atoms with Gasteiger partial charge in [0, 0.05) is 24.8 Å². The number of hydrogen-bond acceptors (Lipinski definition) is 5. The number of benzene rings is 1. The number of hydrogen-bond donors (Lipinski definition) is 1. The van der Waals surface area contributed by atoms with Crippen molar-refractivity contribution in [1.29, 1.82) is 0 Å². The zero-order valence-corrected chi connectivity index (χ0v) is 12.7.